The number of rotatable bonds is 4. The number of carbonyl (C=O) groups excluding carboxylic acids is 2. The van der Waals surface area contributed by atoms with Gasteiger partial charge in [0.05, 0.1) is 22.3 Å². The molecule has 2 aromatic carbocycles. The quantitative estimate of drug-likeness (QED) is 0.739. The second-order valence-electron chi connectivity index (χ2n) is 4.90. The van der Waals surface area contributed by atoms with Crippen LogP contribution in [0.2, 0.25) is 10.0 Å². The van der Waals surface area contributed by atoms with E-state index in [0.29, 0.717) is 11.3 Å². The number of hydrogen-bond acceptors (Lipinski definition) is 3. The molecule has 0 bridgehead atoms. The average molecular weight is 352 g/mol. The lowest BCUT2D eigenvalue weighted by Gasteiger charge is -2.10. The van der Waals surface area contributed by atoms with Gasteiger partial charge in [0.1, 0.15) is 0 Å². The van der Waals surface area contributed by atoms with Crippen LogP contribution in [-0.2, 0) is 4.79 Å². The van der Waals surface area contributed by atoms with Gasteiger partial charge in [0.25, 0.3) is 5.91 Å². The summed E-state index contributed by atoms with van der Waals surface area (Å²) in [7, 11) is 0. The molecule has 2 amide bonds. The van der Waals surface area contributed by atoms with E-state index in [1.165, 1.54) is 12.1 Å². The third-order valence-corrected chi connectivity index (χ3v) is 3.79. The Morgan fingerprint density at radius 1 is 1.13 bits per heavy atom. The first kappa shape index (κ1) is 17.1. The molecule has 2 aromatic rings. The van der Waals surface area contributed by atoms with E-state index in [9.17, 15) is 9.59 Å². The second kappa shape index (κ2) is 7.35. The number of nitrogens with one attached hydrogen (secondary N) is 2. The van der Waals surface area contributed by atoms with Crippen molar-refractivity contribution in [2.45, 2.75) is 6.92 Å². The van der Waals surface area contributed by atoms with Gasteiger partial charge in [-0.3, -0.25) is 9.59 Å². The zero-order chi connectivity index (χ0) is 17.0. The number of nitrogens with two attached hydrogens (primary N) is 1. The highest BCUT2D eigenvalue weighted by atomic mass is 35.5. The molecule has 0 aliphatic heterocycles. The van der Waals surface area contributed by atoms with Crippen LogP contribution in [0.25, 0.3) is 0 Å². The van der Waals surface area contributed by atoms with Crippen molar-refractivity contribution in [2.75, 3.05) is 17.6 Å². The summed E-state index contributed by atoms with van der Waals surface area (Å²) >= 11 is 11.8. The maximum absolute atomic E-state index is 12.0. The van der Waals surface area contributed by atoms with Crippen molar-refractivity contribution in [1.29, 1.82) is 0 Å². The molecule has 0 heterocycles. The molecule has 0 saturated carbocycles. The molecule has 0 aliphatic rings. The number of anilines is 2. The van der Waals surface area contributed by atoms with Gasteiger partial charge in [-0.2, -0.15) is 0 Å². The third-order valence-electron chi connectivity index (χ3n) is 3.16. The van der Waals surface area contributed by atoms with Crippen LogP contribution in [0.4, 0.5) is 11.4 Å². The Morgan fingerprint density at radius 3 is 2.35 bits per heavy atom. The van der Waals surface area contributed by atoms with Crippen molar-refractivity contribution < 1.29 is 9.59 Å². The van der Waals surface area contributed by atoms with Crippen LogP contribution < -0.4 is 16.4 Å². The molecule has 4 N–H and O–H groups in total. The largest absolute Gasteiger partial charge is 0.396 e. The average Bonchev–Trinajstić information content (AvgIpc) is 2.50. The Hall–Kier alpha value is -2.24. The van der Waals surface area contributed by atoms with Gasteiger partial charge >= 0.3 is 0 Å². The summed E-state index contributed by atoms with van der Waals surface area (Å²) in [6, 6.07) is 10.1. The molecule has 0 radical (unpaired) electrons. The standard InChI is InChI=1S/C16H15Cl2N3O2/c1-9-4-2-3-5-11(9)16(23)20-8-14(22)21-10-6-12(17)15(19)13(18)7-10/h2-7H,8,19H2,1H3,(H,20,23)(H,21,22). The maximum atomic E-state index is 12.0. The zero-order valence-electron chi connectivity index (χ0n) is 12.3. The monoisotopic (exact) mass is 351 g/mol. The van der Waals surface area contributed by atoms with Gasteiger partial charge in [-0.1, -0.05) is 41.4 Å². The molecule has 5 nitrogen and oxygen atoms in total. The first-order valence-electron chi connectivity index (χ1n) is 6.76. The minimum Gasteiger partial charge on any atom is -0.396 e. The van der Waals surface area contributed by atoms with Crippen LogP contribution in [0, 0.1) is 6.92 Å². The molecule has 120 valence electrons. The van der Waals surface area contributed by atoms with Crippen LogP contribution in [0.15, 0.2) is 36.4 Å². The van der Waals surface area contributed by atoms with E-state index in [1.807, 2.05) is 19.1 Å². The summed E-state index contributed by atoms with van der Waals surface area (Å²) in [6.45, 7) is 1.65. The number of nitrogen functional groups attached to an aromatic ring is 1. The number of benzene rings is 2. The van der Waals surface area contributed by atoms with E-state index >= 15 is 0 Å². The van der Waals surface area contributed by atoms with Crippen molar-refractivity contribution in [1.82, 2.24) is 5.32 Å². The summed E-state index contributed by atoms with van der Waals surface area (Å²) in [5.74, 6) is -0.713. The molecule has 7 heteroatoms. The van der Waals surface area contributed by atoms with Gasteiger partial charge in [0, 0.05) is 11.3 Å². The van der Waals surface area contributed by atoms with Gasteiger partial charge in [0.15, 0.2) is 0 Å². The van der Waals surface area contributed by atoms with Crippen LogP contribution >= 0.6 is 23.2 Å². The van der Waals surface area contributed by atoms with Gasteiger partial charge in [0.2, 0.25) is 5.91 Å². The van der Waals surface area contributed by atoms with Crippen molar-refractivity contribution in [2.24, 2.45) is 0 Å². The number of hydrogen-bond donors (Lipinski definition) is 3. The van der Waals surface area contributed by atoms with Crippen LogP contribution in [0.5, 0.6) is 0 Å². The number of halogens is 2. The second-order valence-corrected chi connectivity index (χ2v) is 5.71. The van der Waals surface area contributed by atoms with Gasteiger partial charge in [-0.25, -0.2) is 0 Å². The molecule has 23 heavy (non-hydrogen) atoms. The molecule has 0 saturated heterocycles. The van der Waals surface area contributed by atoms with E-state index in [4.69, 9.17) is 28.9 Å². The number of aryl methyl sites for hydroxylation is 1. The molecule has 0 spiro atoms. The Morgan fingerprint density at radius 2 is 1.74 bits per heavy atom. The molecule has 2 rings (SSSR count). The zero-order valence-corrected chi connectivity index (χ0v) is 13.8. The molecular weight excluding hydrogens is 337 g/mol. The van der Waals surface area contributed by atoms with Crippen molar-refractivity contribution in [3.8, 4) is 0 Å². The first-order chi connectivity index (χ1) is 10.9. The summed E-state index contributed by atoms with van der Waals surface area (Å²) < 4.78 is 0. The minimum atomic E-state index is -0.399. The smallest absolute Gasteiger partial charge is 0.251 e. The Kier molecular flexibility index (Phi) is 5.47. The molecule has 0 fully saturated rings. The maximum Gasteiger partial charge on any atom is 0.251 e. The van der Waals surface area contributed by atoms with Gasteiger partial charge < -0.3 is 16.4 Å². The molecule has 0 aliphatic carbocycles. The van der Waals surface area contributed by atoms with Crippen molar-refractivity contribution in [3.63, 3.8) is 0 Å². The lowest BCUT2D eigenvalue weighted by Crippen LogP contribution is -2.33. The lowest BCUT2D eigenvalue weighted by molar-refractivity contribution is -0.115. The van der Waals surface area contributed by atoms with E-state index in [2.05, 4.69) is 10.6 Å². The van der Waals surface area contributed by atoms with Gasteiger partial charge in [-0.15, -0.1) is 0 Å². The highest BCUT2D eigenvalue weighted by Gasteiger charge is 2.11. The topological polar surface area (TPSA) is 84.2 Å². The van der Waals surface area contributed by atoms with Crippen molar-refractivity contribution >= 4 is 46.4 Å². The fraction of sp³-hybridized carbons (Fsp3) is 0.125. The SMILES string of the molecule is Cc1ccccc1C(=O)NCC(=O)Nc1cc(Cl)c(N)c(Cl)c1. The molecule has 0 aromatic heterocycles. The predicted molar refractivity (Wildman–Crippen MR) is 93.0 cm³/mol. The van der Waals surface area contributed by atoms with Crippen molar-refractivity contribution in [3.05, 3.63) is 57.6 Å². The summed E-state index contributed by atoms with van der Waals surface area (Å²) in [4.78, 5) is 23.9. The van der Waals surface area contributed by atoms with Crippen LogP contribution in [-0.4, -0.2) is 18.4 Å². The van der Waals surface area contributed by atoms with E-state index in [0.717, 1.165) is 5.56 Å². The molecule has 0 unspecified atom stereocenters. The highest BCUT2D eigenvalue weighted by Crippen LogP contribution is 2.30. The summed E-state index contributed by atoms with van der Waals surface area (Å²) in [6.07, 6.45) is 0. The van der Waals surface area contributed by atoms with E-state index < -0.39 is 5.91 Å². The number of carbonyl (C=O) groups is 2. The lowest BCUT2D eigenvalue weighted by atomic mass is 10.1. The van der Waals surface area contributed by atoms with E-state index in [-0.39, 0.29) is 28.2 Å². The highest BCUT2D eigenvalue weighted by molar-refractivity contribution is 6.39. The fourth-order valence-electron chi connectivity index (χ4n) is 1.95. The number of amides is 2. The Balaban J connectivity index is 1.96. The fourth-order valence-corrected chi connectivity index (χ4v) is 2.43. The minimum absolute atomic E-state index is 0.174. The first-order valence-corrected chi connectivity index (χ1v) is 7.52. The Labute approximate surface area is 143 Å². The third kappa shape index (κ3) is 4.37. The van der Waals surface area contributed by atoms with Gasteiger partial charge in [-0.05, 0) is 30.7 Å². The predicted octanol–water partition coefficient (Wildman–Crippen LogP) is 3.25. The normalized spacial score (nSPS) is 10.2. The van der Waals surface area contributed by atoms with Crippen LogP contribution in [0.1, 0.15) is 15.9 Å². The summed E-state index contributed by atoms with van der Waals surface area (Å²) in [5.41, 5.74) is 7.64. The van der Waals surface area contributed by atoms with E-state index in [1.54, 1.807) is 12.1 Å². The molecular formula is C16H15Cl2N3O2. The van der Waals surface area contributed by atoms with Crippen LogP contribution in [0.3, 0.4) is 0 Å². The molecule has 0 atom stereocenters. The summed E-state index contributed by atoms with van der Waals surface area (Å²) in [5, 5.41) is 5.65. The Bertz CT molecular complexity index is 740.